The summed E-state index contributed by atoms with van der Waals surface area (Å²) >= 11 is 0. The molecule has 0 bridgehead atoms. The zero-order valence-electron chi connectivity index (χ0n) is 16.0. The maximum absolute atomic E-state index is 12.9. The van der Waals surface area contributed by atoms with Gasteiger partial charge in [-0.25, -0.2) is 4.39 Å². The number of benzene rings is 2. The Balaban J connectivity index is 1.31. The van der Waals surface area contributed by atoms with Crippen LogP contribution in [0.4, 0.5) is 10.1 Å². The molecule has 0 radical (unpaired) electrons. The average Bonchev–Trinajstić information content (AvgIpc) is 2.68. The maximum atomic E-state index is 12.9. The summed E-state index contributed by atoms with van der Waals surface area (Å²) in [6, 6.07) is 14.8. The van der Waals surface area contributed by atoms with E-state index >= 15 is 0 Å². The molecule has 3 rings (SSSR count). The Morgan fingerprint density at radius 1 is 1.07 bits per heavy atom. The molecule has 4 nitrogen and oxygen atoms in total. The van der Waals surface area contributed by atoms with Gasteiger partial charge in [-0.05, 0) is 55.3 Å². The highest BCUT2D eigenvalue weighted by Gasteiger charge is 2.16. The van der Waals surface area contributed by atoms with E-state index in [1.54, 1.807) is 12.1 Å². The summed E-state index contributed by atoms with van der Waals surface area (Å²) in [5.74, 6) is -0.285. The first-order valence-electron chi connectivity index (χ1n) is 9.65. The molecule has 0 atom stereocenters. The minimum Gasteiger partial charge on any atom is -0.369 e. The summed E-state index contributed by atoms with van der Waals surface area (Å²) in [4.78, 5) is 16.8. The highest BCUT2D eigenvalue weighted by atomic mass is 19.1. The van der Waals surface area contributed by atoms with Crippen LogP contribution in [0.3, 0.4) is 0 Å². The molecule has 27 heavy (non-hydrogen) atoms. The minimum absolute atomic E-state index is 0.00845. The fourth-order valence-electron chi connectivity index (χ4n) is 3.43. The SMILES string of the molecule is Cc1cccc(N2CCN(CCCNC(=O)Cc3ccc(F)cc3)CC2)c1. The molecule has 144 valence electrons. The lowest BCUT2D eigenvalue weighted by atomic mass is 10.1. The number of piperazine rings is 1. The van der Waals surface area contributed by atoms with E-state index < -0.39 is 0 Å². The maximum Gasteiger partial charge on any atom is 0.224 e. The van der Waals surface area contributed by atoms with Crippen molar-refractivity contribution in [3.63, 3.8) is 0 Å². The van der Waals surface area contributed by atoms with Crippen molar-refractivity contribution in [1.82, 2.24) is 10.2 Å². The summed E-state index contributed by atoms with van der Waals surface area (Å²) < 4.78 is 12.9. The zero-order valence-corrected chi connectivity index (χ0v) is 16.0. The summed E-state index contributed by atoms with van der Waals surface area (Å²) in [5, 5.41) is 2.96. The van der Waals surface area contributed by atoms with Crippen LogP contribution in [-0.4, -0.2) is 50.1 Å². The van der Waals surface area contributed by atoms with Gasteiger partial charge >= 0.3 is 0 Å². The standard InChI is InChI=1S/C22H28FN3O/c1-18-4-2-5-21(16-18)26-14-12-25(13-15-26)11-3-10-24-22(27)17-19-6-8-20(23)9-7-19/h2,4-9,16H,3,10-15,17H2,1H3,(H,24,27). The van der Waals surface area contributed by atoms with E-state index in [0.717, 1.165) is 44.7 Å². The van der Waals surface area contributed by atoms with E-state index in [-0.39, 0.29) is 11.7 Å². The van der Waals surface area contributed by atoms with Gasteiger partial charge in [-0.1, -0.05) is 24.3 Å². The lowest BCUT2D eigenvalue weighted by molar-refractivity contribution is -0.120. The lowest BCUT2D eigenvalue weighted by Gasteiger charge is -2.36. The van der Waals surface area contributed by atoms with Gasteiger partial charge in [0.05, 0.1) is 6.42 Å². The molecule has 1 aliphatic heterocycles. The molecule has 0 aliphatic carbocycles. The van der Waals surface area contributed by atoms with Crippen molar-refractivity contribution in [2.24, 2.45) is 0 Å². The van der Waals surface area contributed by atoms with E-state index in [1.807, 2.05) is 0 Å². The van der Waals surface area contributed by atoms with Crippen LogP contribution in [0.25, 0.3) is 0 Å². The molecule has 1 fully saturated rings. The van der Waals surface area contributed by atoms with Gasteiger partial charge in [0, 0.05) is 38.4 Å². The van der Waals surface area contributed by atoms with Crippen LogP contribution < -0.4 is 10.2 Å². The summed E-state index contributed by atoms with van der Waals surface area (Å²) in [7, 11) is 0. The fourth-order valence-corrected chi connectivity index (χ4v) is 3.43. The van der Waals surface area contributed by atoms with Gasteiger partial charge < -0.3 is 10.2 Å². The van der Waals surface area contributed by atoms with Crippen LogP contribution in [0, 0.1) is 12.7 Å². The van der Waals surface area contributed by atoms with Crippen LogP contribution in [0.1, 0.15) is 17.5 Å². The first kappa shape index (κ1) is 19.4. The van der Waals surface area contributed by atoms with Crippen molar-refractivity contribution in [3.05, 3.63) is 65.5 Å². The Bertz CT molecular complexity index is 739. The molecule has 0 aromatic heterocycles. The molecule has 2 aromatic carbocycles. The first-order valence-corrected chi connectivity index (χ1v) is 9.65. The average molecular weight is 369 g/mol. The number of amides is 1. The second-order valence-corrected chi connectivity index (χ2v) is 7.17. The third kappa shape index (κ3) is 6.07. The van der Waals surface area contributed by atoms with E-state index in [9.17, 15) is 9.18 Å². The Morgan fingerprint density at radius 2 is 1.81 bits per heavy atom. The van der Waals surface area contributed by atoms with Gasteiger partial charge in [0.1, 0.15) is 5.82 Å². The quantitative estimate of drug-likeness (QED) is 0.762. The largest absolute Gasteiger partial charge is 0.369 e. The number of nitrogens with zero attached hydrogens (tertiary/aromatic N) is 2. The lowest BCUT2D eigenvalue weighted by Crippen LogP contribution is -2.47. The number of halogens is 1. The molecule has 0 unspecified atom stereocenters. The first-order chi connectivity index (χ1) is 13.1. The minimum atomic E-state index is -0.276. The molecule has 1 N–H and O–H groups in total. The van der Waals surface area contributed by atoms with Crippen molar-refractivity contribution >= 4 is 11.6 Å². The highest BCUT2D eigenvalue weighted by molar-refractivity contribution is 5.78. The second-order valence-electron chi connectivity index (χ2n) is 7.17. The Kier molecular flexibility index (Phi) is 6.82. The Hall–Kier alpha value is -2.40. The normalized spacial score (nSPS) is 15.0. The molecule has 1 saturated heterocycles. The van der Waals surface area contributed by atoms with E-state index in [4.69, 9.17) is 0 Å². The molecule has 1 amide bonds. The number of anilines is 1. The molecular weight excluding hydrogens is 341 g/mol. The van der Waals surface area contributed by atoms with Crippen molar-refractivity contribution in [2.45, 2.75) is 19.8 Å². The number of carbonyl (C=O) groups excluding carboxylic acids is 1. The number of hydrogen-bond donors (Lipinski definition) is 1. The number of aryl methyl sites for hydroxylation is 1. The van der Waals surface area contributed by atoms with Gasteiger partial charge in [0.2, 0.25) is 5.91 Å². The molecule has 1 heterocycles. The van der Waals surface area contributed by atoms with E-state index in [0.29, 0.717) is 13.0 Å². The van der Waals surface area contributed by atoms with E-state index in [2.05, 4.69) is 46.3 Å². The van der Waals surface area contributed by atoms with E-state index in [1.165, 1.54) is 23.4 Å². The topological polar surface area (TPSA) is 35.6 Å². The van der Waals surface area contributed by atoms with Crippen molar-refractivity contribution in [1.29, 1.82) is 0 Å². The highest BCUT2D eigenvalue weighted by Crippen LogP contribution is 2.17. The zero-order chi connectivity index (χ0) is 19.1. The third-order valence-electron chi connectivity index (χ3n) is 4.99. The van der Waals surface area contributed by atoms with Crippen LogP contribution in [0.5, 0.6) is 0 Å². The van der Waals surface area contributed by atoms with Crippen molar-refractivity contribution in [3.8, 4) is 0 Å². The number of nitrogens with one attached hydrogen (secondary N) is 1. The molecule has 1 aliphatic rings. The van der Waals surface area contributed by atoms with Gasteiger partial charge in [-0.15, -0.1) is 0 Å². The molecule has 0 saturated carbocycles. The predicted octanol–water partition coefficient (Wildman–Crippen LogP) is 3.01. The number of carbonyl (C=O) groups is 1. The summed E-state index contributed by atoms with van der Waals surface area (Å²) in [5.41, 5.74) is 3.44. The smallest absolute Gasteiger partial charge is 0.224 e. The van der Waals surface area contributed by atoms with Gasteiger partial charge in [0.15, 0.2) is 0 Å². The summed E-state index contributed by atoms with van der Waals surface area (Å²) in [6.45, 7) is 8.00. The van der Waals surface area contributed by atoms with Crippen molar-refractivity contribution < 1.29 is 9.18 Å². The van der Waals surface area contributed by atoms with Crippen LogP contribution in [0.2, 0.25) is 0 Å². The summed E-state index contributed by atoms with van der Waals surface area (Å²) in [6.07, 6.45) is 1.25. The number of hydrogen-bond acceptors (Lipinski definition) is 3. The van der Waals surface area contributed by atoms with Gasteiger partial charge in [-0.3, -0.25) is 9.69 Å². The molecular formula is C22H28FN3O. The fraction of sp³-hybridized carbons (Fsp3) is 0.409. The molecule has 2 aromatic rings. The van der Waals surface area contributed by atoms with Gasteiger partial charge in [0.25, 0.3) is 0 Å². The monoisotopic (exact) mass is 369 g/mol. The van der Waals surface area contributed by atoms with Crippen LogP contribution in [0.15, 0.2) is 48.5 Å². The second kappa shape index (κ2) is 9.51. The van der Waals surface area contributed by atoms with Crippen molar-refractivity contribution in [2.75, 3.05) is 44.2 Å². The predicted molar refractivity (Wildman–Crippen MR) is 108 cm³/mol. The van der Waals surface area contributed by atoms with Crippen LogP contribution in [-0.2, 0) is 11.2 Å². The molecule has 5 heteroatoms. The van der Waals surface area contributed by atoms with Crippen LogP contribution >= 0.6 is 0 Å². The Labute approximate surface area is 161 Å². The molecule has 0 spiro atoms. The Morgan fingerprint density at radius 3 is 2.52 bits per heavy atom. The number of rotatable bonds is 7. The third-order valence-corrected chi connectivity index (χ3v) is 4.99. The van der Waals surface area contributed by atoms with Gasteiger partial charge in [-0.2, -0.15) is 0 Å².